The number of carbonyl (C=O) groups excluding carboxylic acids is 1. The van der Waals surface area contributed by atoms with E-state index in [2.05, 4.69) is 28.5 Å². The lowest BCUT2D eigenvalue weighted by atomic mass is 9.94. The summed E-state index contributed by atoms with van der Waals surface area (Å²) in [7, 11) is 2.17. The molecule has 5 nitrogen and oxygen atoms in total. The number of nitrogens with one attached hydrogen (secondary N) is 1. The Bertz CT molecular complexity index is 689. The van der Waals surface area contributed by atoms with E-state index in [1.54, 1.807) is 13.0 Å². The van der Waals surface area contributed by atoms with Crippen LogP contribution in [0.3, 0.4) is 0 Å². The Morgan fingerprint density at radius 2 is 2.04 bits per heavy atom. The van der Waals surface area contributed by atoms with Crippen molar-refractivity contribution in [3.8, 4) is 0 Å². The van der Waals surface area contributed by atoms with Crippen LogP contribution in [0.4, 0.5) is 5.69 Å². The minimum atomic E-state index is -0.261. The van der Waals surface area contributed by atoms with Crippen molar-refractivity contribution in [3.05, 3.63) is 47.3 Å². The highest BCUT2D eigenvalue weighted by atomic mass is 16.5. The number of carbonyl (C=O) groups is 1. The fraction of sp³-hybridized carbons (Fsp3) is 0.474. The summed E-state index contributed by atoms with van der Waals surface area (Å²) in [6, 6.07) is 10.2. The molecule has 1 fully saturated rings. The molecule has 2 aromatic rings. The SMILES string of the molecule is Cc1cc(C(=O)Nc2ccccc2CN(C)C2CCCCC2)on1. The van der Waals surface area contributed by atoms with Gasteiger partial charge >= 0.3 is 0 Å². The van der Waals surface area contributed by atoms with Gasteiger partial charge in [0.15, 0.2) is 0 Å². The molecule has 1 aromatic carbocycles. The van der Waals surface area contributed by atoms with Crippen LogP contribution in [0.15, 0.2) is 34.9 Å². The molecule has 0 aliphatic heterocycles. The van der Waals surface area contributed by atoms with Crippen LogP contribution < -0.4 is 5.32 Å². The van der Waals surface area contributed by atoms with Gasteiger partial charge in [0.1, 0.15) is 0 Å². The molecule has 1 heterocycles. The lowest BCUT2D eigenvalue weighted by Crippen LogP contribution is -2.33. The number of hydrogen-bond donors (Lipinski definition) is 1. The largest absolute Gasteiger partial charge is 0.351 e. The van der Waals surface area contributed by atoms with Crippen LogP contribution >= 0.6 is 0 Å². The number of para-hydroxylation sites is 1. The maximum atomic E-state index is 12.3. The molecule has 3 rings (SSSR count). The zero-order chi connectivity index (χ0) is 16.9. The number of aromatic nitrogens is 1. The Morgan fingerprint density at radius 1 is 1.29 bits per heavy atom. The van der Waals surface area contributed by atoms with E-state index >= 15 is 0 Å². The van der Waals surface area contributed by atoms with Gasteiger partial charge in [0.05, 0.1) is 5.69 Å². The van der Waals surface area contributed by atoms with Crippen LogP contribution in [0.1, 0.15) is 53.9 Å². The Hall–Kier alpha value is -2.14. The Kier molecular flexibility index (Phi) is 5.30. The topological polar surface area (TPSA) is 58.4 Å². The summed E-state index contributed by atoms with van der Waals surface area (Å²) in [5, 5.41) is 6.72. The second kappa shape index (κ2) is 7.62. The van der Waals surface area contributed by atoms with Crippen LogP contribution in [0, 0.1) is 6.92 Å². The van der Waals surface area contributed by atoms with Gasteiger partial charge in [0, 0.05) is 24.3 Å². The first kappa shape index (κ1) is 16.7. The van der Waals surface area contributed by atoms with Crippen molar-refractivity contribution >= 4 is 11.6 Å². The van der Waals surface area contributed by atoms with Crippen LogP contribution in [-0.2, 0) is 6.54 Å². The zero-order valence-corrected chi connectivity index (χ0v) is 14.4. The number of nitrogens with zero attached hydrogens (tertiary/aromatic N) is 2. The highest BCUT2D eigenvalue weighted by Crippen LogP contribution is 2.25. The first-order valence-corrected chi connectivity index (χ1v) is 8.66. The van der Waals surface area contributed by atoms with Gasteiger partial charge in [-0.2, -0.15) is 0 Å². The summed E-state index contributed by atoms with van der Waals surface area (Å²) in [6.07, 6.45) is 6.52. The average Bonchev–Trinajstić information content (AvgIpc) is 3.04. The third-order valence-electron chi connectivity index (χ3n) is 4.74. The molecule has 1 saturated carbocycles. The van der Waals surface area contributed by atoms with Crippen molar-refractivity contribution in [2.24, 2.45) is 0 Å². The van der Waals surface area contributed by atoms with Crippen LogP contribution in [0.25, 0.3) is 0 Å². The van der Waals surface area contributed by atoms with E-state index in [0.29, 0.717) is 11.7 Å². The van der Waals surface area contributed by atoms with Gasteiger partial charge in [-0.25, -0.2) is 0 Å². The standard InChI is InChI=1S/C19H25N3O2/c1-14-12-18(24-21-14)19(23)20-17-11-7-6-8-15(17)13-22(2)16-9-4-3-5-10-16/h6-8,11-12,16H,3-5,9-10,13H2,1-2H3,(H,20,23). The summed E-state index contributed by atoms with van der Waals surface area (Å²) in [6.45, 7) is 2.63. The number of hydrogen-bond acceptors (Lipinski definition) is 4. The van der Waals surface area contributed by atoms with E-state index in [0.717, 1.165) is 17.8 Å². The van der Waals surface area contributed by atoms with Crippen molar-refractivity contribution in [1.82, 2.24) is 10.1 Å². The average molecular weight is 327 g/mol. The fourth-order valence-electron chi connectivity index (χ4n) is 3.35. The lowest BCUT2D eigenvalue weighted by molar-refractivity contribution is 0.0987. The molecule has 0 spiro atoms. The molecule has 0 bridgehead atoms. The molecule has 5 heteroatoms. The van der Waals surface area contributed by atoms with Crippen molar-refractivity contribution in [1.29, 1.82) is 0 Å². The predicted molar refractivity (Wildman–Crippen MR) is 94.0 cm³/mol. The predicted octanol–water partition coefficient (Wildman–Crippen LogP) is 4.00. The molecule has 0 atom stereocenters. The van der Waals surface area contributed by atoms with E-state index in [1.165, 1.54) is 32.1 Å². The summed E-state index contributed by atoms with van der Waals surface area (Å²) >= 11 is 0. The minimum absolute atomic E-state index is 0.239. The lowest BCUT2D eigenvalue weighted by Gasteiger charge is -2.31. The van der Waals surface area contributed by atoms with Gasteiger partial charge in [-0.15, -0.1) is 0 Å². The second-order valence-electron chi connectivity index (χ2n) is 6.65. The molecular weight excluding hydrogens is 302 g/mol. The van der Waals surface area contributed by atoms with Crippen molar-refractivity contribution < 1.29 is 9.32 Å². The molecule has 1 aliphatic carbocycles. The molecule has 1 N–H and O–H groups in total. The molecule has 1 amide bonds. The normalized spacial score (nSPS) is 15.6. The quantitative estimate of drug-likeness (QED) is 0.902. The van der Waals surface area contributed by atoms with Gasteiger partial charge < -0.3 is 9.84 Å². The number of aryl methyl sites for hydroxylation is 1. The van der Waals surface area contributed by atoms with Gasteiger partial charge in [0.25, 0.3) is 5.91 Å². The van der Waals surface area contributed by atoms with Gasteiger partial charge in [-0.1, -0.05) is 42.6 Å². The van der Waals surface area contributed by atoms with E-state index < -0.39 is 0 Å². The smallest absolute Gasteiger partial charge is 0.294 e. The first-order chi connectivity index (χ1) is 11.6. The maximum absolute atomic E-state index is 12.3. The minimum Gasteiger partial charge on any atom is -0.351 e. The van der Waals surface area contributed by atoms with Crippen LogP contribution in [0.2, 0.25) is 0 Å². The van der Waals surface area contributed by atoms with Crippen LogP contribution in [0.5, 0.6) is 0 Å². The Morgan fingerprint density at radius 3 is 2.75 bits per heavy atom. The van der Waals surface area contributed by atoms with E-state index in [-0.39, 0.29) is 11.7 Å². The highest BCUT2D eigenvalue weighted by Gasteiger charge is 2.19. The molecular formula is C19H25N3O2. The summed E-state index contributed by atoms with van der Waals surface area (Å²) in [5.74, 6) is -0.0219. The fourth-order valence-corrected chi connectivity index (χ4v) is 3.35. The third-order valence-corrected chi connectivity index (χ3v) is 4.74. The van der Waals surface area contributed by atoms with E-state index in [9.17, 15) is 4.79 Å². The zero-order valence-electron chi connectivity index (χ0n) is 14.4. The highest BCUT2D eigenvalue weighted by molar-refractivity contribution is 6.02. The molecule has 1 aromatic heterocycles. The Balaban J connectivity index is 1.69. The number of benzene rings is 1. The summed E-state index contributed by atoms with van der Waals surface area (Å²) in [5.41, 5.74) is 2.65. The molecule has 1 aliphatic rings. The Labute approximate surface area is 143 Å². The molecule has 0 saturated heterocycles. The van der Waals surface area contributed by atoms with Gasteiger partial charge in [-0.05, 0) is 38.4 Å². The van der Waals surface area contributed by atoms with Crippen molar-refractivity contribution in [2.45, 2.75) is 51.6 Å². The molecule has 128 valence electrons. The maximum Gasteiger partial charge on any atom is 0.294 e. The number of rotatable bonds is 5. The third kappa shape index (κ3) is 4.03. The van der Waals surface area contributed by atoms with Gasteiger partial charge in [-0.3, -0.25) is 9.69 Å². The second-order valence-corrected chi connectivity index (χ2v) is 6.65. The number of amides is 1. The summed E-state index contributed by atoms with van der Waals surface area (Å²) < 4.78 is 5.04. The van der Waals surface area contributed by atoms with E-state index in [4.69, 9.17) is 4.52 Å². The van der Waals surface area contributed by atoms with Crippen molar-refractivity contribution in [3.63, 3.8) is 0 Å². The summed E-state index contributed by atoms with van der Waals surface area (Å²) in [4.78, 5) is 14.7. The van der Waals surface area contributed by atoms with Gasteiger partial charge in [0.2, 0.25) is 5.76 Å². The molecule has 24 heavy (non-hydrogen) atoms. The monoisotopic (exact) mass is 327 g/mol. The molecule has 0 unspecified atom stereocenters. The van der Waals surface area contributed by atoms with E-state index in [1.807, 2.05) is 18.2 Å². The number of anilines is 1. The molecule has 0 radical (unpaired) electrons. The van der Waals surface area contributed by atoms with Crippen LogP contribution in [-0.4, -0.2) is 29.1 Å². The van der Waals surface area contributed by atoms with Crippen molar-refractivity contribution in [2.75, 3.05) is 12.4 Å². The first-order valence-electron chi connectivity index (χ1n) is 8.66.